The molecule has 0 aliphatic carbocycles. The van der Waals surface area contributed by atoms with Crippen LogP contribution in [0.5, 0.6) is 0 Å². The highest BCUT2D eigenvalue weighted by molar-refractivity contribution is 6.11. The van der Waals surface area contributed by atoms with E-state index in [0.29, 0.717) is 49.3 Å². The standard InChI is InChI=1S/C28H33N5O4/c1-4-17(2)31-20-13-22-24(32-27(34)19-10-12-37-16-19)25(28(35)36-3)33(26(22)30-15-20)11-9-18-14-29-23-8-6-5-7-21(18)23/h5-8,13-15,17,19,29,31H,4,9-12,16H2,1-3H3,(H,32,34). The SMILES string of the molecule is CCC(C)Nc1cnc2c(c1)c(NC(=O)C1CCOC1)c(C(=O)OC)n2CCc1c[nH]c2ccccc12. The minimum absolute atomic E-state index is 0.168. The van der Waals surface area contributed by atoms with Crippen molar-refractivity contribution in [3.8, 4) is 0 Å². The third kappa shape index (κ3) is 4.91. The highest BCUT2D eigenvalue weighted by Crippen LogP contribution is 2.34. The van der Waals surface area contributed by atoms with Gasteiger partial charge in [-0.2, -0.15) is 0 Å². The maximum absolute atomic E-state index is 13.1. The van der Waals surface area contributed by atoms with Crippen LogP contribution in [0.4, 0.5) is 11.4 Å². The molecule has 3 N–H and O–H groups in total. The molecule has 1 fully saturated rings. The number of anilines is 2. The molecule has 2 unspecified atom stereocenters. The number of nitrogens with one attached hydrogen (secondary N) is 3. The summed E-state index contributed by atoms with van der Waals surface area (Å²) in [5, 5.41) is 8.31. The Morgan fingerprint density at radius 2 is 2.14 bits per heavy atom. The van der Waals surface area contributed by atoms with Crippen molar-refractivity contribution in [3.05, 3.63) is 54.0 Å². The molecule has 0 radical (unpaired) electrons. The summed E-state index contributed by atoms with van der Waals surface area (Å²) in [4.78, 5) is 34.3. The van der Waals surface area contributed by atoms with Gasteiger partial charge in [-0.1, -0.05) is 25.1 Å². The first kappa shape index (κ1) is 24.8. The second-order valence-electron chi connectivity index (χ2n) is 9.57. The fourth-order valence-electron chi connectivity index (χ4n) is 4.88. The number of methoxy groups -OCH3 is 1. The minimum atomic E-state index is -0.522. The molecule has 194 valence electrons. The molecule has 5 rings (SSSR count). The molecule has 1 saturated heterocycles. The van der Waals surface area contributed by atoms with E-state index in [1.165, 1.54) is 7.11 Å². The van der Waals surface area contributed by atoms with Gasteiger partial charge in [0.25, 0.3) is 0 Å². The maximum atomic E-state index is 13.1. The summed E-state index contributed by atoms with van der Waals surface area (Å²) >= 11 is 0. The van der Waals surface area contributed by atoms with Crippen LogP contribution in [-0.4, -0.2) is 52.8 Å². The van der Waals surface area contributed by atoms with Crippen molar-refractivity contribution in [2.45, 2.75) is 45.7 Å². The number of hydrogen-bond donors (Lipinski definition) is 3. The molecule has 3 aromatic heterocycles. The van der Waals surface area contributed by atoms with Crippen LogP contribution >= 0.6 is 0 Å². The number of carbonyl (C=O) groups excluding carboxylic acids is 2. The molecule has 9 nitrogen and oxygen atoms in total. The van der Waals surface area contributed by atoms with Crippen LogP contribution < -0.4 is 10.6 Å². The Balaban J connectivity index is 1.59. The van der Waals surface area contributed by atoms with Crippen molar-refractivity contribution in [2.75, 3.05) is 31.0 Å². The molecule has 0 spiro atoms. The number of esters is 1. The van der Waals surface area contributed by atoms with Crippen molar-refractivity contribution >= 4 is 45.2 Å². The van der Waals surface area contributed by atoms with Crippen LogP contribution in [-0.2, 0) is 27.2 Å². The third-order valence-corrected chi connectivity index (χ3v) is 7.13. The van der Waals surface area contributed by atoms with Gasteiger partial charge in [-0.3, -0.25) is 4.79 Å². The zero-order chi connectivity index (χ0) is 25.9. The highest BCUT2D eigenvalue weighted by Gasteiger charge is 2.30. The van der Waals surface area contributed by atoms with E-state index < -0.39 is 5.97 Å². The van der Waals surface area contributed by atoms with Crippen LogP contribution in [0.3, 0.4) is 0 Å². The number of pyridine rings is 1. The highest BCUT2D eigenvalue weighted by atomic mass is 16.5. The summed E-state index contributed by atoms with van der Waals surface area (Å²) < 4.78 is 12.5. The Labute approximate surface area is 215 Å². The van der Waals surface area contributed by atoms with E-state index in [4.69, 9.17) is 14.5 Å². The summed E-state index contributed by atoms with van der Waals surface area (Å²) in [6, 6.07) is 10.3. The topological polar surface area (TPSA) is 110 Å². The van der Waals surface area contributed by atoms with Gasteiger partial charge in [0.05, 0.1) is 37.2 Å². The van der Waals surface area contributed by atoms with Gasteiger partial charge in [0.2, 0.25) is 5.91 Å². The molecule has 0 saturated carbocycles. The van der Waals surface area contributed by atoms with Gasteiger partial charge in [-0.25, -0.2) is 9.78 Å². The van der Waals surface area contributed by atoms with Gasteiger partial charge in [-0.05, 0) is 43.9 Å². The van der Waals surface area contributed by atoms with E-state index in [0.717, 1.165) is 28.6 Å². The molecule has 1 amide bonds. The average Bonchev–Trinajstić information content (AvgIpc) is 3.66. The summed E-state index contributed by atoms with van der Waals surface area (Å²) in [5.41, 5.74) is 4.36. The van der Waals surface area contributed by atoms with Gasteiger partial charge in [-0.15, -0.1) is 0 Å². The van der Waals surface area contributed by atoms with Crippen molar-refractivity contribution in [1.29, 1.82) is 0 Å². The van der Waals surface area contributed by atoms with Gasteiger partial charge >= 0.3 is 5.97 Å². The Kier molecular flexibility index (Phi) is 7.14. The van der Waals surface area contributed by atoms with Gasteiger partial charge in [0, 0.05) is 41.7 Å². The normalized spacial score (nSPS) is 16.2. The predicted molar refractivity (Wildman–Crippen MR) is 144 cm³/mol. The van der Waals surface area contributed by atoms with E-state index in [2.05, 4.69) is 35.5 Å². The second kappa shape index (κ2) is 10.6. The molecule has 1 aliphatic rings. The van der Waals surface area contributed by atoms with Crippen LogP contribution in [0.2, 0.25) is 0 Å². The van der Waals surface area contributed by atoms with Gasteiger partial charge in [0.15, 0.2) is 5.69 Å². The van der Waals surface area contributed by atoms with Crippen molar-refractivity contribution in [3.63, 3.8) is 0 Å². The zero-order valence-electron chi connectivity index (χ0n) is 21.5. The summed E-state index contributed by atoms with van der Waals surface area (Å²) in [5.74, 6) is -0.950. The number of aromatic amines is 1. The second-order valence-corrected chi connectivity index (χ2v) is 9.57. The number of para-hydroxylation sites is 1. The number of amides is 1. The molecule has 4 heterocycles. The number of aryl methyl sites for hydroxylation is 2. The fourth-order valence-corrected chi connectivity index (χ4v) is 4.88. The number of rotatable bonds is 9. The molecular weight excluding hydrogens is 470 g/mol. The number of ether oxygens (including phenoxy) is 2. The van der Waals surface area contributed by atoms with Crippen LogP contribution in [0.1, 0.15) is 42.7 Å². The monoisotopic (exact) mass is 503 g/mol. The quantitative estimate of drug-likeness (QED) is 0.285. The lowest BCUT2D eigenvalue weighted by atomic mass is 10.1. The van der Waals surface area contributed by atoms with Crippen molar-refractivity contribution in [1.82, 2.24) is 14.5 Å². The number of fused-ring (bicyclic) bond motifs is 2. The summed E-state index contributed by atoms with van der Waals surface area (Å²) in [6.45, 7) is 5.61. The first-order chi connectivity index (χ1) is 18.0. The van der Waals surface area contributed by atoms with Gasteiger partial charge in [0.1, 0.15) is 5.65 Å². The molecule has 4 aromatic rings. The summed E-state index contributed by atoms with van der Waals surface area (Å²) in [7, 11) is 1.35. The zero-order valence-corrected chi connectivity index (χ0v) is 21.5. The number of carbonyl (C=O) groups is 2. The first-order valence-corrected chi connectivity index (χ1v) is 12.8. The lowest BCUT2D eigenvalue weighted by molar-refractivity contribution is -0.119. The van der Waals surface area contributed by atoms with Crippen LogP contribution in [0.25, 0.3) is 21.9 Å². The van der Waals surface area contributed by atoms with E-state index in [9.17, 15) is 9.59 Å². The molecular formula is C28H33N5O4. The number of aromatic nitrogens is 3. The molecule has 1 aromatic carbocycles. The van der Waals surface area contributed by atoms with Crippen LogP contribution in [0.15, 0.2) is 42.7 Å². The Morgan fingerprint density at radius 3 is 2.89 bits per heavy atom. The minimum Gasteiger partial charge on any atom is -0.464 e. The van der Waals surface area contributed by atoms with Crippen molar-refractivity contribution in [2.24, 2.45) is 5.92 Å². The first-order valence-electron chi connectivity index (χ1n) is 12.8. The maximum Gasteiger partial charge on any atom is 0.356 e. The molecule has 1 aliphatic heterocycles. The van der Waals surface area contributed by atoms with E-state index >= 15 is 0 Å². The number of benzene rings is 1. The third-order valence-electron chi connectivity index (χ3n) is 7.13. The largest absolute Gasteiger partial charge is 0.464 e. The van der Waals surface area contributed by atoms with Crippen molar-refractivity contribution < 1.29 is 19.1 Å². The fraction of sp³-hybridized carbons (Fsp3) is 0.393. The molecule has 2 atom stereocenters. The molecule has 0 bridgehead atoms. The number of hydrogen-bond acceptors (Lipinski definition) is 6. The smallest absolute Gasteiger partial charge is 0.356 e. The Bertz CT molecular complexity index is 1430. The number of nitrogens with zero attached hydrogens (tertiary/aromatic N) is 2. The predicted octanol–water partition coefficient (Wildman–Crippen LogP) is 4.73. The van der Waals surface area contributed by atoms with Crippen LogP contribution in [0, 0.1) is 5.92 Å². The lowest BCUT2D eigenvalue weighted by Crippen LogP contribution is -2.24. The summed E-state index contributed by atoms with van der Waals surface area (Å²) in [6.07, 6.45) is 6.03. The Hall–Kier alpha value is -3.85. The molecule has 9 heteroatoms. The Morgan fingerprint density at radius 1 is 1.30 bits per heavy atom. The number of H-pyrrole nitrogens is 1. The average molecular weight is 504 g/mol. The lowest BCUT2D eigenvalue weighted by Gasteiger charge is -2.13. The molecule has 37 heavy (non-hydrogen) atoms. The van der Waals surface area contributed by atoms with Gasteiger partial charge < -0.3 is 29.7 Å². The van der Waals surface area contributed by atoms with E-state index in [1.54, 1.807) is 6.20 Å². The van der Waals surface area contributed by atoms with E-state index in [-0.39, 0.29) is 23.6 Å². The van der Waals surface area contributed by atoms with E-state index in [1.807, 2.05) is 35.0 Å².